The third-order valence-electron chi connectivity index (χ3n) is 3.23. The molecule has 1 amide bonds. The Kier molecular flexibility index (Phi) is 5.27. The summed E-state index contributed by atoms with van der Waals surface area (Å²) in [6, 6.07) is 9.68. The van der Waals surface area contributed by atoms with Crippen molar-refractivity contribution in [1.82, 2.24) is 5.32 Å². The molecule has 0 saturated heterocycles. The number of rotatable bonds is 5. The van der Waals surface area contributed by atoms with Gasteiger partial charge >= 0.3 is 0 Å². The molecule has 0 heterocycles. The third-order valence-corrected chi connectivity index (χ3v) is 4.05. The predicted molar refractivity (Wildman–Crippen MR) is 85.6 cm³/mol. The molecule has 0 spiro atoms. The summed E-state index contributed by atoms with van der Waals surface area (Å²) in [5, 5.41) is 6.00. The molecule has 2 rings (SSSR count). The van der Waals surface area contributed by atoms with Crippen molar-refractivity contribution in [2.24, 2.45) is 0 Å². The van der Waals surface area contributed by atoms with Crippen molar-refractivity contribution in [2.75, 3.05) is 6.54 Å². The second-order valence-electron chi connectivity index (χ2n) is 4.72. The second kappa shape index (κ2) is 6.96. The average Bonchev–Trinajstić information content (AvgIpc) is 2.46. The molecule has 0 saturated carbocycles. The van der Waals surface area contributed by atoms with E-state index in [2.05, 4.69) is 5.32 Å². The molecular formula is C16H17Cl2NO. The lowest BCUT2D eigenvalue weighted by Crippen LogP contribution is -2.24. The minimum absolute atomic E-state index is 0.0870. The number of amides is 1. The highest BCUT2D eigenvalue weighted by molar-refractivity contribution is 6.45. The second-order valence-corrected chi connectivity index (χ2v) is 5.51. The number of benzene rings is 2. The van der Waals surface area contributed by atoms with E-state index in [1.165, 1.54) is 0 Å². The van der Waals surface area contributed by atoms with Gasteiger partial charge in [0, 0.05) is 18.4 Å². The van der Waals surface area contributed by atoms with Crippen molar-refractivity contribution in [1.29, 1.82) is 0 Å². The lowest BCUT2D eigenvalue weighted by atomic mass is 10.0. The smallest absolute Gasteiger partial charge is 0.220 e. The zero-order chi connectivity index (χ0) is 14.5. The SMILES string of the molecule is CCCNC(=O)CCc1cccc2c(Cl)c(Cl)ccc12. The minimum atomic E-state index is 0.0870. The van der Waals surface area contributed by atoms with E-state index in [9.17, 15) is 4.79 Å². The lowest BCUT2D eigenvalue weighted by Gasteiger charge is -2.09. The highest BCUT2D eigenvalue weighted by atomic mass is 35.5. The molecule has 0 unspecified atom stereocenters. The molecule has 1 N–H and O–H groups in total. The summed E-state index contributed by atoms with van der Waals surface area (Å²) in [5.41, 5.74) is 1.12. The lowest BCUT2D eigenvalue weighted by molar-refractivity contribution is -0.121. The fourth-order valence-corrected chi connectivity index (χ4v) is 2.57. The molecule has 0 atom stereocenters. The van der Waals surface area contributed by atoms with E-state index in [0.29, 0.717) is 22.9 Å². The van der Waals surface area contributed by atoms with Crippen LogP contribution >= 0.6 is 23.2 Å². The first-order chi connectivity index (χ1) is 9.63. The summed E-state index contributed by atoms with van der Waals surface area (Å²) >= 11 is 12.2. The van der Waals surface area contributed by atoms with Crippen LogP contribution in [0.15, 0.2) is 30.3 Å². The molecule has 106 valence electrons. The van der Waals surface area contributed by atoms with E-state index in [1.807, 2.05) is 31.2 Å². The number of halogens is 2. The minimum Gasteiger partial charge on any atom is -0.356 e. The molecule has 2 aromatic rings. The molecule has 0 fully saturated rings. The largest absolute Gasteiger partial charge is 0.356 e. The standard InChI is InChI=1S/C16H17Cl2NO/c1-2-10-19-15(20)9-6-11-4-3-5-13-12(11)7-8-14(17)16(13)18/h3-5,7-8H,2,6,9-10H2,1H3,(H,19,20). The van der Waals surface area contributed by atoms with Gasteiger partial charge in [-0.1, -0.05) is 54.4 Å². The Morgan fingerprint density at radius 3 is 2.70 bits per heavy atom. The first-order valence-corrected chi connectivity index (χ1v) is 7.51. The number of fused-ring (bicyclic) bond motifs is 1. The fourth-order valence-electron chi connectivity index (χ4n) is 2.18. The van der Waals surface area contributed by atoms with Crippen molar-refractivity contribution in [2.45, 2.75) is 26.2 Å². The van der Waals surface area contributed by atoms with Gasteiger partial charge in [0.25, 0.3) is 0 Å². The van der Waals surface area contributed by atoms with Crippen LogP contribution in [-0.2, 0) is 11.2 Å². The number of carbonyl (C=O) groups is 1. The molecule has 0 bridgehead atoms. The van der Waals surface area contributed by atoms with Gasteiger partial charge in [-0.05, 0) is 29.9 Å². The zero-order valence-electron chi connectivity index (χ0n) is 11.4. The Bertz CT molecular complexity index is 625. The maximum atomic E-state index is 11.7. The van der Waals surface area contributed by atoms with Gasteiger partial charge in [0.05, 0.1) is 10.0 Å². The van der Waals surface area contributed by atoms with Gasteiger partial charge in [-0.15, -0.1) is 0 Å². The molecule has 0 radical (unpaired) electrons. The van der Waals surface area contributed by atoms with Crippen molar-refractivity contribution >= 4 is 39.9 Å². The first kappa shape index (κ1) is 15.1. The molecule has 0 aliphatic rings. The molecule has 2 aromatic carbocycles. The number of nitrogens with one attached hydrogen (secondary N) is 1. The molecule has 4 heteroatoms. The summed E-state index contributed by atoms with van der Waals surface area (Å²) < 4.78 is 0. The quantitative estimate of drug-likeness (QED) is 0.859. The highest BCUT2D eigenvalue weighted by Crippen LogP contribution is 2.32. The number of hydrogen-bond acceptors (Lipinski definition) is 1. The van der Waals surface area contributed by atoms with E-state index < -0.39 is 0 Å². The van der Waals surface area contributed by atoms with Crippen LogP contribution in [0.1, 0.15) is 25.3 Å². The van der Waals surface area contributed by atoms with Crippen molar-refractivity contribution < 1.29 is 4.79 Å². The van der Waals surface area contributed by atoms with Crippen LogP contribution < -0.4 is 5.32 Å². The summed E-state index contributed by atoms with van der Waals surface area (Å²) in [4.78, 5) is 11.7. The van der Waals surface area contributed by atoms with E-state index >= 15 is 0 Å². The van der Waals surface area contributed by atoms with Crippen LogP contribution in [0.5, 0.6) is 0 Å². The monoisotopic (exact) mass is 309 g/mol. The molecule has 0 aliphatic heterocycles. The Labute approximate surface area is 129 Å². The van der Waals surface area contributed by atoms with Gasteiger partial charge in [0.15, 0.2) is 0 Å². The third kappa shape index (κ3) is 3.44. The van der Waals surface area contributed by atoms with Crippen LogP contribution in [0.2, 0.25) is 10.0 Å². The van der Waals surface area contributed by atoms with Crippen molar-refractivity contribution in [3.05, 3.63) is 45.9 Å². The number of aryl methyl sites for hydroxylation is 1. The molecular weight excluding hydrogens is 293 g/mol. The predicted octanol–water partition coefficient (Wildman–Crippen LogP) is 4.61. The van der Waals surface area contributed by atoms with Gasteiger partial charge in [-0.2, -0.15) is 0 Å². The average molecular weight is 310 g/mol. The first-order valence-electron chi connectivity index (χ1n) is 6.75. The van der Waals surface area contributed by atoms with Crippen molar-refractivity contribution in [3.63, 3.8) is 0 Å². The van der Waals surface area contributed by atoms with Gasteiger partial charge in [0.2, 0.25) is 5.91 Å². The Morgan fingerprint density at radius 1 is 1.15 bits per heavy atom. The van der Waals surface area contributed by atoms with Crippen LogP contribution in [0.25, 0.3) is 10.8 Å². The van der Waals surface area contributed by atoms with Gasteiger partial charge in [0.1, 0.15) is 0 Å². The Balaban J connectivity index is 2.19. The van der Waals surface area contributed by atoms with Crippen LogP contribution in [-0.4, -0.2) is 12.5 Å². The number of carbonyl (C=O) groups excluding carboxylic acids is 1. The van der Waals surface area contributed by atoms with Gasteiger partial charge < -0.3 is 5.32 Å². The van der Waals surface area contributed by atoms with E-state index in [1.54, 1.807) is 6.07 Å². The fraction of sp³-hybridized carbons (Fsp3) is 0.312. The maximum absolute atomic E-state index is 11.7. The molecule has 0 aliphatic carbocycles. The summed E-state index contributed by atoms with van der Waals surface area (Å²) in [7, 11) is 0. The summed E-state index contributed by atoms with van der Waals surface area (Å²) in [5.74, 6) is 0.0870. The summed E-state index contributed by atoms with van der Waals surface area (Å²) in [6.07, 6.45) is 2.14. The van der Waals surface area contributed by atoms with Crippen molar-refractivity contribution in [3.8, 4) is 0 Å². The zero-order valence-corrected chi connectivity index (χ0v) is 12.9. The van der Waals surface area contributed by atoms with Crippen LogP contribution in [0, 0.1) is 0 Å². The molecule has 2 nitrogen and oxygen atoms in total. The molecule has 0 aromatic heterocycles. The van der Waals surface area contributed by atoms with Crippen LogP contribution in [0.4, 0.5) is 0 Å². The van der Waals surface area contributed by atoms with Crippen LogP contribution in [0.3, 0.4) is 0 Å². The highest BCUT2D eigenvalue weighted by Gasteiger charge is 2.08. The Morgan fingerprint density at radius 2 is 1.95 bits per heavy atom. The normalized spacial score (nSPS) is 10.8. The topological polar surface area (TPSA) is 29.1 Å². The van der Waals surface area contributed by atoms with Gasteiger partial charge in [-0.25, -0.2) is 0 Å². The number of hydrogen-bond donors (Lipinski definition) is 1. The van der Waals surface area contributed by atoms with Gasteiger partial charge in [-0.3, -0.25) is 4.79 Å². The molecule has 20 heavy (non-hydrogen) atoms. The Hall–Kier alpha value is -1.25. The summed E-state index contributed by atoms with van der Waals surface area (Å²) in [6.45, 7) is 2.77. The maximum Gasteiger partial charge on any atom is 0.220 e. The van der Waals surface area contributed by atoms with E-state index in [0.717, 1.165) is 29.3 Å². The van der Waals surface area contributed by atoms with E-state index in [4.69, 9.17) is 23.2 Å². The van der Waals surface area contributed by atoms with E-state index in [-0.39, 0.29) is 5.91 Å².